The molecule has 1 aliphatic heterocycles. The van der Waals surface area contributed by atoms with Gasteiger partial charge in [0.25, 0.3) is 0 Å². The normalized spacial score (nSPS) is 23.2. The predicted octanol–water partition coefficient (Wildman–Crippen LogP) is -0.319. The molecule has 1 unspecified atom stereocenters. The van der Waals surface area contributed by atoms with Gasteiger partial charge in [0.05, 0.1) is 0 Å². The maximum atomic E-state index is 5.38. The first-order chi connectivity index (χ1) is 5.84. The Morgan fingerprint density at radius 2 is 2.50 bits per heavy atom. The minimum absolute atomic E-state index is 0.336. The summed E-state index contributed by atoms with van der Waals surface area (Å²) in [5, 5.41) is 9.96. The van der Waals surface area contributed by atoms with Crippen LogP contribution < -0.4 is 11.1 Å². The van der Waals surface area contributed by atoms with Crippen molar-refractivity contribution in [2.24, 2.45) is 0 Å². The van der Waals surface area contributed by atoms with Crippen molar-refractivity contribution in [2.75, 3.05) is 12.3 Å². The Hall–Kier alpha value is -1.10. The third-order valence-corrected chi connectivity index (χ3v) is 2.15. The number of aromatic nitrogens is 3. The lowest BCUT2D eigenvalue weighted by Gasteiger charge is -2.05. The third kappa shape index (κ3) is 1.55. The molecule has 66 valence electrons. The molecule has 0 amide bonds. The van der Waals surface area contributed by atoms with Gasteiger partial charge < -0.3 is 11.1 Å². The van der Waals surface area contributed by atoms with E-state index in [1.165, 1.54) is 12.8 Å². The number of aromatic amines is 1. The average Bonchev–Trinajstić information content (AvgIpc) is 2.63. The first-order valence-electron chi connectivity index (χ1n) is 4.25. The standard InChI is InChI=1S/C7H13N5/c8-7-10-6(11-12-7)4-5-2-1-3-9-5/h5,9H,1-4H2,(H3,8,10,11,12). The van der Waals surface area contributed by atoms with Crippen molar-refractivity contribution in [1.82, 2.24) is 20.5 Å². The molecule has 0 aliphatic carbocycles. The number of nitrogen functional groups attached to an aromatic ring is 1. The van der Waals surface area contributed by atoms with Gasteiger partial charge in [-0.05, 0) is 19.4 Å². The van der Waals surface area contributed by atoms with Gasteiger partial charge in [0, 0.05) is 12.5 Å². The minimum Gasteiger partial charge on any atom is -0.367 e. The molecular formula is C7H13N5. The molecule has 1 aliphatic rings. The first kappa shape index (κ1) is 7.54. The Bertz CT molecular complexity index is 250. The van der Waals surface area contributed by atoms with Crippen LogP contribution in [0.5, 0.6) is 0 Å². The van der Waals surface area contributed by atoms with Crippen molar-refractivity contribution in [3.63, 3.8) is 0 Å². The topological polar surface area (TPSA) is 79.6 Å². The molecule has 0 aromatic carbocycles. The Labute approximate surface area is 70.8 Å². The van der Waals surface area contributed by atoms with Crippen molar-refractivity contribution in [3.05, 3.63) is 5.82 Å². The molecule has 2 heterocycles. The maximum absolute atomic E-state index is 5.38. The second-order valence-electron chi connectivity index (χ2n) is 3.14. The van der Waals surface area contributed by atoms with Gasteiger partial charge in [0.15, 0.2) is 0 Å². The molecule has 0 spiro atoms. The molecule has 1 saturated heterocycles. The Morgan fingerprint density at radius 1 is 1.58 bits per heavy atom. The summed E-state index contributed by atoms with van der Waals surface area (Å²) in [6, 6.07) is 0.553. The smallest absolute Gasteiger partial charge is 0.239 e. The van der Waals surface area contributed by atoms with Gasteiger partial charge >= 0.3 is 0 Å². The number of anilines is 1. The lowest BCUT2D eigenvalue weighted by molar-refractivity contribution is 0.586. The zero-order valence-electron chi connectivity index (χ0n) is 6.88. The van der Waals surface area contributed by atoms with Crippen LogP contribution in [0.2, 0.25) is 0 Å². The number of rotatable bonds is 2. The van der Waals surface area contributed by atoms with E-state index in [9.17, 15) is 0 Å². The SMILES string of the molecule is Nc1n[nH]c(CC2CCCN2)n1. The van der Waals surface area contributed by atoms with Crippen LogP contribution in [0, 0.1) is 0 Å². The zero-order valence-corrected chi connectivity index (χ0v) is 6.88. The molecular weight excluding hydrogens is 154 g/mol. The lowest BCUT2D eigenvalue weighted by atomic mass is 10.1. The van der Waals surface area contributed by atoms with Crippen LogP contribution in [0.25, 0.3) is 0 Å². The fourth-order valence-electron chi connectivity index (χ4n) is 1.57. The summed E-state index contributed by atoms with van der Waals surface area (Å²) in [5.41, 5.74) is 5.38. The van der Waals surface area contributed by atoms with E-state index >= 15 is 0 Å². The van der Waals surface area contributed by atoms with Crippen molar-refractivity contribution >= 4 is 5.95 Å². The number of H-pyrrole nitrogens is 1. The van der Waals surface area contributed by atoms with E-state index in [0.717, 1.165) is 18.8 Å². The van der Waals surface area contributed by atoms with Crippen molar-refractivity contribution in [2.45, 2.75) is 25.3 Å². The minimum atomic E-state index is 0.336. The largest absolute Gasteiger partial charge is 0.367 e. The van der Waals surface area contributed by atoms with Crippen LogP contribution in [-0.2, 0) is 6.42 Å². The van der Waals surface area contributed by atoms with E-state index in [-0.39, 0.29) is 0 Å². The summed E-state index contributed by atoms with van der Waals surface area (Å²) in [4.78, 5) is 4.05. The van der Waals surface area contributed by atoms with Crippen LogP contribution in [-0.4, -0.2) is 27.8 Å². The van der Waals surface area contributed by atoms with E-state index in [2.05, 4.69) is 20.5 Å². The molecule has 4 N–H and O–H groups in total. The Kier molecular flexibility index (Phi) is 1.95. The third-order valence-electron chi connectivity index (χ3n) is 2.15. The molecule has 0 radical (unpaired) electrons. The molecule has 5 nitrogen and oxygen atoms in total. The molecule has 1 aromatic heterocycles. The zero-order chi connectivity index (χ0) is 8.39. The van der Waals surface area contributed by atoms with Crippen LogP contribution in [0.3, 0.4) is 0 Å². The van der Waals surface area contributed by atoms with Gasteiger partial charge in [-0.1, -0.05) is 0 Å². The van der Waals surface area contributed by atoms with E-state index < -0.39 is 0 Å². The summed E-state index contributed by atoms with van der Waals surface area (Å²) < 4.78 is 0. The van der Waals surface area contributed by atoms with Crippen molar-refractivity contribution < 1.29 is 0 Å². The first-order valence-corrected chi connectivity index (χ1v) is 4.25. The molecule has 12 heavy (non-hydrogen) atoms. The molecule has 2 rings (SSSR count). The van der Waals surface area contributed by atoms with Gasteiger partial charge in [-0.2, -0.15) is 4.98 Å². The van der Waals surface area contributed by atoms with Gasteiger partial charge in [-0.15, -0.1) is 5.10 Å². The highest BCUT2D eigenvalue weighted by Gasteiger charge is 2.15. The van der Waals surface area contributed by atoms with Crippen LogP contribution in [0.1, 0.15) is 18.7 Å². The van der Waals surface area contributed by atoms with Crippen LogP contribution in [0.15, 0.2) is 0 Å². The fourth-order valence-corrected chi connectivity index (χ4v) is 1.57. The number of hydrogen-bond acceptors (Lipinski definition) is 4. The van der Waals surface area contributed by atoms with Gasteiger partial charge in [0.1, 0.15) is 5.82 Å². The average molecular weight is 167 g/mol. The molecule has 0 bridgehead atoms. The molecule has 5 heteroatoms. The second-order valence-corrected chi connectivity index (χ2v) is 3.14. The number of nitrogens with two attached hydrogens (primary N) is 1. The van der Waals surface area contributed by atoms with Crippen LogP contribution in [0.4, 0.5) is 5.95 Å². The maximum Gasteiger partial charge on any atom is 0.239 e. The highest BCUT2D eigenvalue weighted by atomic mass is 15.3. The Balaban J connectivity index is 1.94. The summed E-state index contributed by atoms with van der Waals surface area (Å²) in [6.45, 7) is 1.12. The monoisotopic (exact) mass is 167 g/mol. The summed E-state index contributed by atoms with van der Waals surface area (Å²) in [6.07, 6.45) is 3.39. The lowest BCUT2D eigenvalue weighted by Crippen LogP contribution is -2.24. The Morgan fingerprint density at radius 3 is 3.08 bits per heavy atom. The second kappa shape index (κ2) is 3.10. The summed E-state index contributed by atoms with van der Waals surface area (Å²) >= 11 is 0. The van der Waals surface area contributed by atoms with Gasteiger partial charge in [-0.3, -0.25) is 5.10 Å². The fraction of sp³-hybridized carbons (Fsp3) is 0.714. The molecule has 1 fully saturated rings. The van der Waals surface area contributed by atoms with E-state index in [0.29, 0.717) is 12.0 Å². The van der Waals surface area contributed by atoms with Crippen molar-refractivity contribution in [1.29, 1.82) is 0 Å². The van der Waals surface area contributed by atoms with E-state index in [1.54, 1.807) is 0 Å². The number of nitrogens with one attached hydrogen (secondary N) is 2. The predicted molar refractivity (Wildman–Crippen MR) is 45.5 cm³/mol. The van der Waals surface area contributed by atoms with E-state index in [1.807, 2.05) is 0 Å². The van der Waals surface area contributed by atoms with Gasteiger partial charge in [-0.25, -0.2) is 0 Å². The summed E-state index contributed by atoms with van der Waals surface area (Å²) in [5.74, 6) is 1.22. The molecule has 0 saturated carbocycles. The molecule has 1 aromatic rings. The number of nitrogens with zero attached hydrogens (tertiary/aromatic N) is 2. The van der Waals surface area contributed by atoms with Gasteiger partial charge in [0.2, 0.25) is 5.95 Å². The quantitative estimate of drug-likeness (QED) is 0.564. The summed E-state index contributed by atoms with van der Waals surface area (Å²) in [7, 11) is 0. The highest BCUT2D eigenvalue weighted by Crippen LogP contribution is 2.09. The number of hydrogen-bond donors (Lipinski definition) is 3. The van der Waals surface area contributed by atoms with E-state index in [4.69, 9.17) is 5.73 Å². The van der Waals surface area contributed by atoms with Crippen molar-refractivity contribution in [3.8, 4) is 0 Å². The van der Waals surface area contributed by atoms with Crippen LogP contribution >= 0.6 is 0 Å². The molecule has 1 atom stereocenters. The highest BCUT2D eigenvalue weighted by molar-refractivity contribution is 5.13.